The van der Waals surface area contributed by atoms with Crippen LogP contribution >= 0.6 is 0 Å². The van der Waals surface area contributed by atoms with Gasteiger partial charge in [0.25, 0.3) is 0 Å². The van der Waals surface area contributed by atoms with Gasteiger partial charge in [0.2, 0.25) is 5.96 Å². The smallest absolute Gasteiger partial charge is 0.218 e. The predicted octanol–water partition coefficient (Wildman–Crippen LogP) is 1.18. The van der Waals surface area contributed by atoms with Crippen molar-refractivity contribution in [2.24, 2.45) is 33.1 Å². The third kappa shape index (κ3) is 10.8. The molecule has 0 rings (SSSR count). The predicted molar refractivity (Wildman–Crippen MR) is 70.2 cm³/mol. The summed E-state index contributed by atoms with van der Waals surface area (Å²) in [5.41, 5.74) is 15.8. The highest BCUT2D eigenvalue weighted by atomic mass is 15.1. The number of hydrogen-bond donors (Lipinski definition) is 3. The largest absolute Gasteiger partial charge is 0.370 e. The standard InChI is InChI=1S/C11H25N5/c1-9(2)7-5-3-4-6-8-15-11(14)16-10(12)13/h9H,3-8H2,1-2H3,(H6,12,13,14,15,16). The Morgan fingerprint density at radius 2 is 1.62 bits per heavy atom. The molecule has 0 saturated carbocycles. The first-order valence-electron chi connectivity index (χ1n) is 5.92. The monoisotopic (exact) mass is 227 g/mol. The van der Waals surface area contributed by atoms with Gasteiger partial charge in [0.15, 0.2) is 5.96 Å². The minimum absolute atomic E-state index is 0.0433. The van der Waals surface area contributed by atoms with E-state index in [-0.39, 0.29) is 11.9 Å². The van der Waals surface area contributed by atoms with Crippen molar-refractivity contribution in [1.82, 2.24) is 0 Å². The molecule has 0 atom stereocenters. The Kier molecular flexibility index (Phi) is 8.29. The fourth-order valence-electron chi connectivity index (χ4n) is 1.38. The quantitative estimate of drug-likeness (QED) is 0.345. The van der Waals surface area contributed by atoms with Crippen LogP contribution in [0, 0.1) is 5.92 Å². The molecule has 0 fully saturated rings. The van der Waals surface area contributed by atoms with Crippen molar-refractivity contribution in [3.8, 4) is 0 Å². The van der Waals surface area contributed by atoms with Gasteiger partial charge in [0.05, 0.1) is 0 Å². The zero-order valence-corrected chi connectivity index (χ0v) is 10.4. The zero-order valence-electron chi connectivity index (χ0n) is 10.4. The maximum atomic E-state index is 5.46. The highest BCUT2D eigenvalue weighted by molar-refractivity contribution is 5.92. The molecule has 6 N–H and O–H groups in total. The molecule has 5 nitrogen and oxygen atoms in total. The van der Waals surface area contributed by atoms with E-state index in [0.717, 1.165) is 12.3 Å². The second-order valence-electron chi connectivity index (χ2n) is 4.37. The summed E-state index contributed by atoms with van der Waals surface area (Å²) in [4.78, 5) is 7.68. The molecule has 0 aromatic carbocycles. The lowest BCUT2D eigenvalue weighted by atomic mass is 10.0. The van der Waals surface area contributed by atoms with Gasteiger partial charge in [-0.05, 0) is 12.3 Å². The molecule has 0 aliphatic carbocycles. The van der Waals surface area contributed by atoms with Crippen molar-refractivity contribution in [3.05, 3.63) is 0 Å². The van der Waals surface area contributed by atoms with Crippen molar-refractivity contribution < 1.29 is 0 Å². The second-order valence-corrected chi connectivity index (χ2v) is 4.37. The Morgan fingerprint density at radius 1 is 1.00 bits per heavy atom. The number of rotatable bonds is 7. The third-order valence-corrected chi connectivity index (χ3v) is 2.21. The molecule has 5 heteroatoms. The summed E-state index contributed by atoms with van der Waals surface area (Å²) < 4.78 is 0. The minimum atomic E-state index is -0.0433. The zero-order chi connectivity index (χ0) is 12.4. The van der Waals surface area contributed by atoms with E-state index >= 15 is 0 Å². The highest BCUT2D eigenvalue weighted by Crippen LogP contribution is 2.09. The van der Waals surface area contributed by atoms with Crippen molar-refractivity contribution in [2.75, 3.05) is 6.54 Å². The average Bonchev–Trinajstić information content (AvgIpc) is 2.14. The van der Waals surface area contributed by atoms with Crippen LogP contribution in [0.2, 0.25) is 0 Å². The Bertz CT molecular complexity index is 229. The van der Waals surface area contributed by atoms with Gasteiger partial charge in [-0.3, -0.25) is 4.99 Å². The van der Waals surface area contributed by atoms with Gasteiger partial charge in [-0.25, -0.2) is 0 Å². The SMILES string of the molecule is CC(C)CCCCCCN=C(N)N=C(N)N. The molecule has 0 heterocycles. The normalized spacial score (nSPS) is 11.8. The molecule has 0 saturated heterocycles. The van der Waals surface area contributed by atoms with E-state index in [1.807, 2.05) is 0 Å². The molecule has 0 aromatic heterocycles. The first kappa shape index (κ1) is 14.7. The van der Waals surface area contributed by atoms with Gasteiger partial charge in [0.1, 0.15) is 0 Å². The van der Waals surface area contributed by atoms with Crippen LogP contribution in [0.3, 0.4) is 0 Å². The average molecular weight is 227 g/mol. The van der Waals surface area contributed by atoms with E-state index in [4.69, 9.17) is 17.2 Å². The first-order chi connectivity index (χ1) is 7.52. The second kappa shape index (κ2) is 9.00. The number of nitrogens with zero attached hydrogens (tertiary/aromatic N) is 2. The first-order valence-corrected chi connectivity index (χ1v) is 5.92. The summed E-state index contributed by atoms with van der Waals surface area (Å²) in [6.07, 6.45) is 6.09. The van der Waals surface area contributed by atoms with E-state index in [0.29, 0.717) is 6.54 Å². The molecule has 0 amide bonds. The summed E-state index contributed by atoms with van der Waals surface area (Å²) in [6, 6.07) is 0. The molecular formula is C11H25N5. The molecule has 0 spiro atoms. The van der Waals surface area contributed by atoms with Crippen LogP contribution in [0.15, 0.2) is 9.98 Å². The fourth-order valence-corrected chi connectivity index (χ4v) is 1.38. The molecule has 16 heavy (non-hydrogen) atoms. The van der Waals surface area contributed by atoms with Crippen molar-refractivity contribution in [1.29, 1.82) is 0 Å². The maximum Gasteiger partial charge on any atom is 0.218 e. The van der Waals surface area contributed by atoms with Gasteiger partial charge >= 0.3 is 0 Å². The Morgan fingerprint density at radius 3 is 2.19 bits per heavy atom. The number of nitrogens with two attached hydrogens (primary N) is 3. The summed E-state index contributed by atoms with van der Waals surface area (Å²) >= 11 is 0. The van der Waals surface area contributed by atoms with E-state index in [9.17, 15) is 0 Å². The van der Waals surface area contributed by atoms with E-state index in [1.165, 1.54) is 25.7 Å². The van der Waals surface area contributed by atoms with Crippen LogP contribution in [0.5, 0.6) is 0 Å². The lowest BCUT2D eigenvalue weighted by Gasteiger charge is -2.03. The van der Waals surface area contributed by atoms with Gasteiger partial charge in [0, 0.05) is 6.54 Å². The van der Waals surface area contributed by atoms with E-state index in [2.05, 4.69) is 23.8 Å². The number of guanidine groups is 2. The molecule has 0 aliphatic rings. The van der Waals surface area contributed by atoms with Crippen molar-refractivity contribution in [3.63, 3.8) is 0 Å². The van der Waals surface area contributed by atoms with Crippen LogP contribution in [0.25, 0.3) is 0 Å². The van der Waals surface area contributed by atoms with Crippen molar-refractivity contribution in [2.45, 2.75) is 46.0 Å². The summed E-state index contributed by atoms with van der Waals surface area (Å²) in [7, 11) is 0. The molecule has 0 aliphatic heterocycles. The van der Waals surface area contributed by atoms with Crippen LogP contribution < -0.4 is 17.2 Å². The van der Waals surface area contributed by atoms with Gasteiger partial charge in [-0.1, -0.05) is 39.5 Å². The molecule has 0 aromatic rings. The summed E-state index contributed by atoms with van der Waals surface area (Å²) in [6.45, 7) is 5.20. The summed E-state index contributed by atoms with van der Waals surface area (Å²) in [5, 5.41) is 0. The van der Waals surface area contributed by atoms with Gasteiger partial charge < -0.3 is 17.2 Å². The van der Waals surface area contributed by atoms with Crippen LogP contribution in [-0.4, -0.2) is 18.5 Å². The highest BCUT2D eigenvalue weighted by Gasteiger charge is 1.94. The Hall–Kier alpha value is -1.26. The third-order valence-electron chi connectivity index (χ3n) is 2.21. The molecular weight excluding hydrogens is 202 g/mol. The Balaban J connectivity index is 3.43. The van der Waals surface area contributed by atoms with E-state index < -0.39 is 0 Å². The van der Waals surface area contributed by atoms with E-state index in [1.54, 1.807) is 0 Å². The van der Waals surface area contributed by atoms with Crippen LogP contribution in [0.4, 0.5) is 0 Å². The topological polar surface area (TPSA) is 103 Å². The fraction of sp³-hybridized carbons (Fsp3) is 0.818. The lowest BCUT2D eigenvalue weighted by Crippen LogP contribution is -2.26. The molecule has 0 radical (unpaired) electrons. The number of aliphatic imine (C=N–C) groups is 2. The summed E-state index contributed by atoms with van der Waals surface area (Å²) in [5.74, 6) is 0.927. The maximum absolute atomic E-state index is 5.46. The minimum Gasteiger partial charge on any atom is -0.370 e. The molecule has 0 unspecified atom stereocenters. The van der Waals surface area contributed by atoms with Crippen LogP contribution in [-0.2, 0) is 0 Å². The lowest BCUT2D eigenvalue weighted by molar-refractivity contribution is 0.521. The molecule has 0 bridgehead atoms. The molecule has 94 valence electrons. The van der Waals surface area contributed by atoms with Gasteiger partial charge in [-0.15, -0.1) is 0 Å². The Labute approximate surface area is 98.2 Å². The number of hydrogen-bond acceptors (Lipinski definition) is 1. The van der Waals surface area contributed by atoms with Gasteiger partial charge in [-0.2, -0.15) is 4.99 Å². The van der Waals surface area contributed by atoms with Crippen LogP contribution in [0.1, 0.15) is 46.0 Å². The number of unbranched alkanes of at least 4 members (excludes halogenated alkanes) is 3. The van der Waals surface area contributed by atoms with Crippen molar-refractivity contribution >= 4 is 11.9 Å².